The molecule has 0 heterocycles. The second-order valence-corrected chi connectivity index (χ2v) is 4.92. The topological polar surface area (TPSA) is 35.8 Å². The summed E-state index contributed by atoms with van der Waals surface area (Å²) in [6.45, 7) is 13.4. The van der Waals surface area contributed by atoms with Crippen molar-refractivity contribution >= 4 is 5.71 Å². The Balaban J connectivity index is 4.55. The van der Waals surface area contributed by atoms with Crippen molar-refractivity contribution in [2.45, 2.75) is 47.6 Å². The van der Waals surface area contributed by atoms with Gasteiger partial charge in [-0.25, -0.2) is 0 Å². The third-order valence-corrected chi connectivity index (χ3v) is 2.29. The number of hydrogen-bond acceptors (Lipinski definition) is 3. The van der Waals surface area contributed by atoms with Crippen molar-refractivity contribution in [3.05, 3.63) is 0 Å². The molecule has 0 aromatic carbocycles. The van der Waals surface area contributed by atoms with Crippen LogP contribution in [0.3, 0.4) is 0 Å². The van der Waals surface area contributed by atoms with Gasteiger partial charge in [-0.3, -0.25) is 5.01 Å². The van der Waals surface area contributed by atoms with E-state index >= 15 is 0 Å². The van der Waals surface area contributed by atoms with Crippen LogP contribution in [0.5, 0.6) is 0 Å². The fourth-order valence-electron chi connectivity index (χ4n) is 0.869. The fourth-order valence-corrected chi connectivity index (χ4v) is 0.869. The lowest BCUT2D eigenvalue weighted by Gasteiger charge is -2.27. The Hall–Kier alpha value is -0.570. The molecule has 0 fully saturated rings. The van der Waals surface area contributed by atoms with Crippen molar-refractivity contribution in [1.29, 1.82) is 0 Å². The fraction of sp³-hybridized carbons (Fsp3) is 0.909. The van der Waals surface area contributed by atoms with Crippen LogP contribution in [0.4, 0.5) is 0 Å². The molecule has 0 saturated heterocycles. The summed E-state index contributed by atoms with van der Waals surface area (Å²) < 4.78 is 0. The van der Waals surface area contributed by atoms with Gasteiger partial charge in [-0.05, 0) is 20.8 Å². The molecular formula is C11H24N2O. The maximum atomic E-state index is 8.89. The van der Waals surface area contributed by atoms with Gasteiger partial charge in [0.15, 0.2) is 0 Å². The summed E-state index contributed by atoms with van der Waals surface area (Å²) in [6.07, 6.45) is 0. The highest BCUT2D eigenvalue weighted by Gasteiger charge is 2.16. The van der Waals surface area contributed by atoms with E-state index in [-0.39, 0.29) is 12.0 Å². The zero-order valence-electron chi connectivity index (χ0n) is 10.3. The average Bonchev–Trinajstić information content (AvgIpc) is 2.01. The lowest BCUT2D eigenvalue weighted by molar-refractivity contribution is 0.170. The lowest BCUT2D eigenvalue weighted by Crippen LogP contribution is -2.31. The number of aliphatic hydroxyl groups is 1. The van der Waals surface area contributed by atoms with E-state index in [1.54, 1.807) is 0 Å². The van der Waals surface area contributed by atoms with Gasteiger partial charge in [-0.1, -0.05) is 20.8 Å². The van der Waals surface area contributed by atoms with Gasteiger partial charge < -0.3 is 5.11 Å². The quantitative estimate of drug-likeness (QED) is 0.557. The Bertz CT molecular complexity index is 192. The molecule has 0 saturated carbocycles. The minimum atomic E-state index is 0.0998. The zero-order valence-corrected chi connectivity index (χ0v) is 10.3. The third-order valence-electron chi connectivity index (χ3n) is 2.29. The van der Waals surface area contributed by atoms with Crippen LogP contribution in [0.25, 0.3) is 0 Å². The van der Waals surface area contributed by atoms with E-state index in [1.165, 1.54) is 0 Å². The first kappa shape index (κ1) is 13.4. The summed E-state index contributed by atoms with van der Waals surface area (Å²) in [5.41, 5.74) is 1.20. The molecule has 0 unspecified atom stereocenters. The normalized spacial score (nSPS) is 13.6. The smallest absolute Gasteiger partial charge is 0.0623 e. The van der Waals surface area contributed by atoms with E-state index in [2.05, 4.69) is 39.7 Å². The number of aliphatic hydroxyl groups excluding tert-OH is 1. The molecule has 0 radical (unpaired) electrons. The lowest BCUT2D eigenvalue weighted by atomic mass is 9.91. The van der Waals surface area contributed by atoms with Crippen LogP contribution < -0.4 is 0 Å². The van der Waals surface area contributed by atoms with Crippen LogP contribution in [0.2, 0.25) is 0 Å². The standard InChI is InChI=1S/C11H24N2O/c1-9(2)13(7-8-14)12-10(3)11(4,5)6/h9,14H,7-8H2,1-6H3. The van der Waals surface area contributed by atoms with Crippen LogP contribution in [-0.4, -0.2) is 35.0 Å². The molecule has 0 atom stereocenters. The number of rotatable bonds is 4. The van der Waals surface area contributed by atoms with E-state index in [0.29, 0.717) is 12.6 Å². The molecule has 0 aliphatic heterocycles. The second kappa shape index (κ2) is 5.35. The van der Waals surface area contributed by atoms with Gasteiger partial charge in [-0.15, -0.1) is 0 Å². The highest BCUT2D eigenvalue weighted by Crippen LogP contribution is 2.16. The van der Waals surface area contributed by atoms with E-state index in [9.17, 15) is 0 Å². The first-order valence-corrected chi connectivity index (χ1v) is 5.22. The van der Waals surface area contributed by atoms with Gasteiger partial charge in [0, 0.05) is 17.2 Å². The molecule has 14 heavy (non-hydrogen) atoms. The van der Waals surface area contributed by atoms with Gasteiger partial charge in [0.05, 0.1) is 13.2 Å². The molecule has 3 heteroatoms. The van der Waals surface area contributed by atoms with Crippen molar-refractivity contribution < 1.29 is 5.11 Å². The summed E-state index contributed by atoms with van der Waals surface area (Å²) in [7, 11) is 0. The van der Waals surface area contributed by atoms with E-state index in [4.69, 9.17) is 5.11 Å². The summed E-state index contributed by atoms with van der Waals surface area (Å²) in [5, 5.41) is 15.3. The predicted molar refractivity (Wildman–Crippen MR) is 61.5 cm³/mol. The van der Waals surface area contributed by atoms with Crippen molar-refractivity contribution in [2.24, 2.45) is 10.5 Å². The second-order valence-electron chi connectivity index (χ2n) is 4.92. The van der Waals surface area contributed by atoms with Crippen LogP contribution >= 0.6 is 0 Å². The molecule has 0 aromatic rings. The first-order valence-electron chi connectivity index (χ1n) is 5.22. The molecule has 3 nitrogen and oxygen atoms in total. The van der Waals surface area contributed by atoms with Crippen molar-refractivity contribution in [3.8, 4) is 0 Å². The molecule has 0 bridgehead atoms. The van der Waals surface area contributed by atoms with Crippen molar-refractivity contribution in [3.63, 3.8) is 0 Å². The molecule has 0 amide bonds. The van der Waals surface area contributed by atoms with Crippen LogP contribution in [0.15, 0.2) is 5.10 Å². The summed E-state index contributed by atoms with van der Waals surface area (Å²) in [5.74, 6) is 0. The third kappa shape index (κ3) is 4.61. The number of nitrogens with zero attached hydrogens (tertiary/aromatic N) is 2. The monoisotopic (exact) mass is 200 g/mol. The van der Waals surface area contributed by atoms with Gasteiger partial charge >= 0.3 is 0 Å². The Kier molecular flexibility index (Phi) is 5.13. The summed E-state index contributed by atoms with van der Waals surface area (Å²) in [6, 6.07) is 0.333. The Morgan fingerprint density at radius 3 is 2.14 bits per heavy atom. The number of hydrogen-bond donors (Lipinski definition) is 1. The average molecular weight is 200 g/mol. The highest BCUT2D eigenvalue weighted by atomic mass is 16.3. The minimum Gasteiger partial charge on any atom is -0.394 e. The van der Waals surface area contributed by atoms with E-state index in [0.717, 1.165) is 5.71 Å². The van der Waals surface area contributed by atoms with Gasteiger partial charge in [0.2, 0.25) is 0 Å². The van der Waals surface area contributed by atoms with Gasteiger partial charge in [0.25, 0.3) is 0 Å². The van der Waals surface area contributed by atoms with Gasteiger partial charge in [0.1, 0.15) is 0 Å². The molecule has 0 spiro atoms. The molecule has 84 valence electrons. The summed E-state index contributed by atoms with van der Waals surface area (Å²) >= 11 is 0. The Morgan fingerprint density at radius 1 is 1.36 bits per heavy atom. The maximum Gasteiger partial charge on any atom is 0.0623 e. The summed E-state index contributed by atoms with van der Waals surface area (Å²) in [4.78, 5) is 0. The molecule has 0 aromatic heterocycles. The van der Waals surface area contributed by atoms with Crippen molar-refractivity contribution in [1.82, 2.24) is 5.01 Å². The van der Waals surface area contributed by atoms with Crippen LogP contribution in [-0.2, 0) is 0 Å². The molecule has 1 N–H and O–H groups in total. The number of hydrazone groups is 1. The van der Waals surface area contributed by atoms with Crippen LogP contribution in [0.1, 0.15) is 41.5 Å². The largest absolute Gasteiger partial charge is 0.394 e. The predicted octanol–water partition coefficient (Wildman–Crippen LogP) is 2.11. The molecule has 0 rings (SSSR count). The zero-order chi connectivity index (χ0) is 11.4. The van der Waals surface area contributed by atoms with E-state index in [1.807, 2.05) is 11.9 Å². The van der Waals surface area contributed by atoms with Crippen LogP contribution in [0, 0.1) is 5.41 Å². The maximum absolute atomic E-state index is 8.89. The Labute approximate surface area is 87.8 Å². The molecule has 0 aliphatic carbocycles. The highest BCUT2D eigenvalue weighted by molar-refractivity contribution is 5.86. The first-order chi connectivity index (χ1) is 6.29. The molecule has 0 aliphatic rings. The molecular weight excluding hydrogens is 176 g/mol. The minimum absolute atomic E-state index is 0.0998. The Morgan fingerprint density at radius 2 is 1.86 bits per heavy atom. The van der Waals surface area contributed by atoms with Crippen molar-refractivity contribution in [2.75, 3.05) is 13.2 Å². The van der Waals surface area contributed by atoms with Gasteiger partial charge in [-0.2, -0.15) is 5.10 Å². The SMILES string of the molecule is CC(=NN(CCO)C(C)C)C(C)(C)C. The van der Waals surface area contributed by atoms with E-state index < -0.39 is 0 Å².